The van der Waals surface area contributed by atoms with Gasteiger partial charge in [-0.3, -0.25) is 9.36 Å². The number of aromatic nitrogens is 4. The van der Waals surface area contributed by atoms with Gasteiger partial charge in [0.15, 0.2) is 6.61 Å². The van der Waals surface area contributed by atoms with Crippen molar-refractivity contribution >= 4 is 11.6 Å². The smallest absolute Gasteiger partial charge is 0.431 e. The minimum atomic E-state index is -4.95. The molecule has 13 heteroatoms. The van der Waals surface area contributed by atoms with Crippen LogP contribution in [0.1, 0.15) is 38.2 Å². The summed E-state index contributed by atoms with van der Waals surface area (Å²) in [6.07, 6.45) is -4.95. The van der Waals surface area contributed by atoms with E-state index in [1.807, 2.05) is 20.8 Å². The van der Waals surface area contributed by atoms with Gasteiger partial charge >= 0.3 is 11.9 Å². The van der Waals surface area contributed by atoms with Gasteiger partial charge in [-0.15, -0.1) is 10.2 Å². The highest BCUT2D eigenvalue weighted by Gasteiger charge is 2.35. The lowest BCUT2D eigenvalue weighted by molar-refractivity contribution is -0.144. The van der Waals surface area contributed by atoms with Crippen LogP contribution < -0.4 is 16.0 Å². The van der Waals surface area contributed by atoms with E-state index >= 15 is 0 Å². The number of hydrogen-bond acceptors (Lipinski definition) is 6. The Morgan fingerprint density at radius 2 is 1.78 bits per heavy atom. The summed E-state index contributed by atoms with van der Waals surface area (Å²) < 4.78 is 65.0. The molecule has 1 aromatic carbocycles. The van der Waals surface area contributed by atoms with Gasteiger partial charge in [-0.1, -0.05) is 32.4 Å². The molecule has 32 heavy (non-hydrogen) atoms. The highest BCUT2D eigenvalue weighted by molar-refractivity contribution is 6.32. The molecule has 172 valence electrons. The van der Waals surface area contributed by atoms with Gasteiger partial charge in [0, 0.05) is 24.6 Å². The van der Waals surface area contributed by atoms with Crippen molar-refractivity contribution in [2.75, 3.05) is 0 Å². The molecule has 0 N–H and O–H groups in total. The molecule has 2 heterocycles. The van der Waals surface area contributed by atoms with E-state index in [0.717, 1.165) is 19.2 Å². The Balaban J connectivity index is 2.01. The quantitative estimate of drug-likeness (QED) is 0.534. The molecule has 0 saturated carbocycles. The van der Waals surface area contributed by atoms with Gasteiger partial charge in [-0.05, 0) is 6.07 Å². The number of alkyl halides is 3. The van der Waals surface area contributed by atoms with Gasteiger partial charge in [-0.25, -0.2) is 13.8 Å². The van der Waals surface area contributed by atoms with E-state index in [0.29, 0.717) is 5.89 Å². The van der Waals surface area contributed by atoms with Crippen LogP contribution in [0.3, 0.4) is 0 Å². The summed E-state index contributed by atoms with van der Waals surface area (Å²) in [5, 5.41) is 7.51. The maximum atomic E-state index is 14.5. The van der Waals surface area contributed by atoms with Crippen LogP contribution in [0.2, 0.25) is 5.02 Å². The molecule has 0 aliphatic heterocycles. The van der Waals surface area contributed by atoms with Crippen molar-refractivity contribution in [1.82, 2.24) is 19.3 Å². The van der Waals surface area contributed by atoms with E-state index in [2.05, 4.69) is 10.2 Å². The molecule has 0 spiro atoms. The Morgan fingerprint density at radius 1 is 1.12 bits per heavy atom. The second-order valence-electron chi connectivity index (χ2n) is 7.82. The third-order valence-electron chi connectivity index (χ3n) is 4.31. The summed E-state index contributed by atoms with van der Waals surface area (Å²) >= 11 is 5.98. The van der Waals surface area contributed by atoms with Crippen molar-refractivity contribution in [3.05, 3.63) is 67.4 Å². The van der Waals surface area contributed by atoms with Gasteiger partial charge in [-0.2, -0.15) is 13.2 Å². The molecule has 0 saturated heterocycles. The lowest BCUT2D eigenvalue weighted by Gasteiger charge is -2.15. The van der Waals surface area contributed by atoms with E-state index in [9.17, 15) is 27.2 Å². The third-order valence-corrected chi connectivity index (χ3v) is 4.61. The molecule has 0 unspecified atom stereocenters. The first kappa shape index (κ1) is 23.5. The molecular formula is C19H17ClF4N4O4. The molecular weight excluding hydrogens is 460 g/mol. The lowest BCUT2D eigenvalue weighted by atomic mass is 9.97. The SMILES string of the molecule is Cn1c(C(F)(F)F)cc(=O)n(-c2cc(OCc3nnc(C(C)(C)C)o3)c(Cl)cc2F)c1=O. The maximum absolute atomic E-state index is 14.5. The van der Waals surface area contributed by atoms with Crippen molar-refractivity contribution in [2.45, 2.75) is 39.0 Å². The minimum absolute atomic E-state index is 0.0828. The van der Waals surface area contributed by atoms with Crippen molar-refractivity contribution in [1.29, 1.82) is 0 Å². The summed E-state index contributed by atoms with van der Waals surface area (Å²) in [6, 6.07) is 1.89. The van der Waals surface area contributed by atoms with E-state index < -0.39 is 40.0 Å². The average molecular weight is 477 g/mol. The summed E-state index contributed by atoms with van der Waals surface area (Å²) in [5.74, 6) is -0.845. The Bertz CT molecular complexity index is 1290. The predicted octanol–water partition coefficient (Wildman–Crippen LogP) is 3.61. The molecule has 0 atom stereocenters. The topological polar surface area (TPSA) is 92.2 Å². The zero-order valence-corrected chi connectivity index (χ0v) is 18.0. The van der Waals surface area contributed by atoms with Crippen molar-refractivity contribution in [3.8, 4) is 11.4 Å². The molecule has 0 radical (unpaired) electrons. The first-order valence-electron chi connectivity index (χ1n) is 9.05. The molecule has 0 amide bonds. The van der Waals surface area contributed by atoms with E-state index in [-0.39, 0.29) is 38.5 Å². The molecule has 0 fully saturated rings. The normalized spacial score (nSPS) is 12.3. The van der Waals surface area contributed by atoms with Gasteiger partial charge in [0.1, 0.15) is 17.3 Å². The summed E-state index contributed by atoms with van der Waals surface area (Å²) in [5.41, 5.74) is -5.29. The fourth-order valence-corrected chi connectivity index (χ4v) is 2.88. The van der Waals surface area contributed by atoms with Crippen molar-refractivity contribution in [2.24, 2.45) is 7.05 Å². The summed E-state index contributed by atoms with van der Waals surface area (Å²) in [7, 11) is 0.814. The second kappa shape index (κ2) is 8.08. The zero-order chi connectivity index (χ0) is 24.0. The summed E-state index contributed by atoms with van der Waals surface area (Å²) in [4.78, 5) is 24.7. The number of rotatable bonds is 4. The minimum Gasteiger partial charge on any atom is -0.482 e. The van der Waals surface area contributed by atoms with Crippen molar-refractivity contribution in [3.63, 3.8) is 0 Å². The molecule has 0 aliphatic carbocycles. The predicted molar refractivity (Wildman–Crippen MR) is 105 cm³/mol. The molecule has 0 aliphatic rings. The molecule has 8 nitrogen and oxygen atoms in total. The molecule has 3 rings (SSSR count). The molecule has 2 aromatic heterocycles. The van der Waals surface area contributed by atoms with E-state index in [4.69, 9.17) is 20.8 Å². The average Bonchev–Trinajstić information content (AvgIpc) is 3.14. The molecule has 3 aromatic rings. The number of ether oxygens (including phenoxy) is 1. The Labute approximate surface area is 183 Å². The highest BCUT2D eigenvalue weighted by atomic mass is 35.5. The monoisotopic (exact) mass is 476 g/mol. The largest absolute Gasteiger partial charge is 0.482 e. The van der Waals surface area contributed by atoms with Gasteiger partial charge in [0.2, 0.25) is 5.89 Å². The maximum Gasteiger partial charge on any atom is 0.431 e. The zero-order valence-electron chi connectivity index (χ0n) is 17.3. The first-order valence-corrected chi connectivity index (χ1v) is 9.43. The van der Waals surface area contributed by atoms with Crippen LogP contribution in [0.4, 0.5) is 17.6 Å². The third kappa shape index (κ3) is 4.54. The number of nitrogens with zero attached hydrogens (tertiary/aromatic N) is 4. The van der Waals surface area contributed by atoms with Crippen LogP contribution >= 0.6 is 11.6 Å². The number of benzene rings is 1. The van der Waals surface area contributed by atoms with E-state index in [1.54, 1.807) is 0 Å². The van der Waals surface area contributed by atoms with Crippen LogP contribution in [0, 0.1) is 5.82 Å². The van der Waals surface area contributed by atoms with E-state index in [1.165, 1.54) is 0 Å². The summed E-state index contributed by atoms with van der Waals surface area (Å²) in [6.45, 7) is 5.30. The standard InChI is InChI=1S/C19H17ClF4N4O4/c1-18(2,3)16-26-25-14(32-16)8-31-12-6-11(10(21)5-9(12)20)28-15(29)7-13(19(22,23)24)27(4)17(28)30/h5-7H,8H2,1-4H3. The van der Waals surface area contributed by atoms with Gasteiger partial charge in [0.25, 0.3) is 11.4 Å². The number of hydrogen-bond donors (Lipinski definition) is 0. The van der Waals surface area contributed by atoms with Crippen LogP contribution in [-0.4, -0.2) is 19.3 Å². The van der Waals surface area contributed by atoms with Crippen molar-refractivity contribution < 1.29 is 26.7 Å². The van der Waals surface area contributed by atoms with Crippen LogP contribution in [-0.2, 0) is 25.2 Å². The van der Waals surface area contributed by atoms with Gasteiger partial charge < -0.3 is 9.15 Å². The van der Waals surface area contributed by atoms with Gasteiger partial charge in [0.05, 0.1) is 10.7 Å². The first-order chi connectivity index (χ1) is 14.7. The highest BCUT2D eigenvalue weighted by Crippen LogP contribution is 2.31. The number of halogens is 5. The fourth-order valence-electron chi connectivity index (χ4n) is 2.67. The Hall–Kier alpha value is -3.15. The fraction of sp³-hybridized carbons (Fsp3) is 0.368. The Kier molecular flexibility index (Phi) is 5.94. The molecule has 0 bridgehead atoms. The van der Waals surface area contributed by atoms with Crippen LogP contribution in [0.25, 0.3) is 5.69 Å². The lowest BCUT2D eigenvalue weighted by Crippen LogP contribution is -2.41. The van der Waals surface area contributed by atoms with Crippen LogP contribution in [0.5, 0.6) is 5.75 Å². The van der Waals surface area contributed by atoms with Crippen LogP contribution in [0.15, 0.2) is 32.2 Å². The Morgan fingerprint density at radius 3 is 2.34 bits per heavy atom. The second-order valence-corrected chi connectivity index (χ2v) is 8.22.